The van der Waals surface area contributed by atoms with E-state index < -0.39 is 0 Å². The fourth-order valence-corrected chi connectivity index (χ4v) is 4.95. The van der Waals surface area contributed by atoms with Gasteiger partial charge < -0.3 is 14.7 Å². The van der Waals surface area contributed by atoms with Crippen molar-refractivity contribution < 1.29 is 14.1 Å². The van der Waals surface area contributed by atoms with E-state index in [-0.39, 0.29) is 17.7 Å². The number of rotatable bonds is 6. The average molecular weight is 474 g/mol. The van der Waals surface area contributed by atoms with Crippen molar-refractivity contribution in [1.82, 2.24) is 15.0 Å². The van der Waals surface area contributed by atoms with Crippen molar-refractivity contribution in [3.05, 3.63) is 59.5 Å². The molecule has 182 valence electrons. The number of benzene rings is 2. The van der Waals surface area contributed by atoms with Crippen molar-refractivity contribution in [2.45, 2.75) is 46.1 Å². The zero-order chi connectivity index (χ0) is 24.4. The molecule has 0 radical (unpaired) electrons. The van der Waals surface area contributed by atoms with E-state index >= 15 is 0 Å². The summed E-state index contributed by atoms with van der Waals surface area (Å²) < 4.78 is 5.47. The second-order valence-electron chi connectivity index (χ2n) is 9.57. The normalized spacial score (nSPS) is 17.2. The number of nitrogens with one attached hydrogen (secondary N) is 1. The number of aromatic nitrogens is 2. The van der Waals surface area contributed by atoms with Gasteiger partial charge in [0.2, 0.25) is 23.5 Å². The van der Waals surface area contributed by atoms with E-state index in [1.165, 1.54) is 0 Å². The van der Waals surface area contributed by atoms with Crippen LogP contribution >= 0.6 is 0 Å². The SMILES string of the molecule is Cc1cccc(-c2noc(CN3CCC(C(=O)Nc4ccc(N5CCCC5=O)c(C)c4)CC3)n2)c1. The second kappa shape index (κ2) is 10.00. The lowest BCUT2D eigenvalue weighted by atomic mass is 9.95. The largest absolute Gasteiger partial charge is 0.338 e. The van der Waals surface area contributed by atoms with Crippen molar-refractivity contribution in [2.24, 2.45) is 5.92 Å². The summed E-state index contributed by atoms with van der Waals surface area (Å²) in [7, 11) is 0. The molecule has 8 nitrogen and oxygen atoms in total. The van der Waals surface area contributed by atoms with Crippen LogP contribution in [0.3, 0.4) is 0 Å². The number of anilines is 2. The third-order valence-electron chi connectivity index (χ3n) is 6.89. The van der Waals surface area contributed by atoms with E-state index in [2.05, 4.69) is 20.4 Å². The summed E-state index contributed by atoms with van der Waals surface area (Å²) in [6.45, 7) is 6.98. The number of piperidine rings is 1. The summed E-state index contributed by atoms with van der Waals surface area (Å²) in [4.78, 5) is 33.6. The molecule has 2 fully saturated rings. The maximum atomic E-state index is 12.9. The highest BCUT2D eigenvalue weighted by molar-refractivity contribution is 5.97. The Hall–Kier alpha value is -3.52. The van der Waals surface area contributed by atoms with Gasteiger partial charge in [0, 0.05) is 35.8 Å². The number of aryl methyl sites for hydroxylation is 2. The van der Waals surface area contributed by atoms with E-state index in [9.17, 15) is 9.59 Å². The molecule has 0 bridgehead atoms. The van der Waals surface area contributed by atoms with Crippen LogP contribution in [0.25, 0.3) is 11.4 Å². The summed E-state index contributed by atoms with van der Waals surface area (Å²) in [6, 6.07) is 13.8. The molecule has 3 heterocycles. The van der Waals surface area contributed by atoms with Gasteiger partial charge in [-0.3, -0.25) is 14.5 Å². The van der Waals surface area contributed by atoms with Gasteiger partial charge in [-0.1, -0.05) is 28.9 Å². The van der Waals surface area contributed by atoms with E-state index in [1.54, 1.807) is 0 Å². The zero-order valence-corrected chi connectivity index (χ0v) is 20.3. The van der Waals surface area contributed by atoms with Gasteiger partial charge in [-0.2, -0.15) is 4.98 Å². The first-order valence-electron chi connectivity index (χ1n) is 12.3. The number of hydrogen-bond donors (Lipinski definition) is 1. The predicted octanol–water partition coefficient (Wildman–Crippen LogP) is 4.33. The summed E-state index contributed by atoms with van der Waals surface area (Å²) >= 11 is 0. The van der Waals surface area contributed by atoms with Crippen LogP contribution in [0.2, 0.25) is 0 Å². The quantitative estimate of drug-likeness (QED) is 0.573. The molecule has 5 rings (SSSR count). The standard InChI is InChI=1S/C27H31N5O3/c1-18-5-3-6-21(15-18)26-29-24(35-30-26)17-31-13-10-20(11-14-31)27(34)28-22-8-9-23(19(2)16-22)32-12-4-7-25(32)33/h3,5-6,8-9,15-16,20H,4,7,10-14,17H2,1-2H3,(H,28,34). The average Bonchev–Trinajstić information content (AvgIpc) is 3.49. The molecule has 1 N–H and O–H groups in total. The van der Waals surface area contributed by atoms with Crippen molar-refractivity contribution in [3.8, 4) is 11.4 Å². The highest BCUT2D eigenvalue weighted by Gasteiger charge is 2.27. The van der Waals surface area contributed by atoms with Gasteiger partial charge in [-0.15, -0.1) is 0 Å². The molecule has 2 aliphatic heterocycles. The van der Waals surface area contributed by atoms with Crippen LogP contribution in [0.5, 0.6) is 0 Å². The smallest absolute Gasteiger partial charge is 0.241 e. The van der Waals surface area contributed by atoms with E-state index in [1.807, 2.05) is 61.2 Å². The highest BCUT2D eigenvalue weighted by Crippen LogP contribution is 2.28. The molecule has 3 aromatic rings. The molecule has 0 atom stereocenters. The first kappa shape index (κ1) is 23.2. The van der Waals surface area contributed by atoms with Gasteiger partial charge in [0.25, 0.3) is 0 Å². The van der Waals surface area contributed by atoms with Gasteiger partial charge in [0.05, 0.1) is 6.54 Å². The van der Waals surface area contributed by atoms with Gasteiger partial charge in [-0.25, -0.2) is 0 Å². The van der Waals surface area contributed by atoms with Gasteiger partial charge >= 0.3 is 0 Å². The Kier molecular flexibility index (Phi) is 6.63. The van der Waals surface area contributed by atoms with Crippen LogP contribution in [0.1, 0.15) is 42.7 Å². The number of nitrogens with zero attached hydrogens (tertiary/aromatic N) is 4. The summed E-state index contributed by atoms with van der Waals surface area (Å²) in [5.74, 6) is 1.39. The minimum atomic E-state index is -0.0306. The van der Waals surface area contributed by atoms with E-state index in [0.717, 1.165) is 67.0 Å². The molecular formula is C27H31N5O3. The second-order valence-corrected chi connectivity index (χ2v) is 9.57. The molecule has 0 saturated carbocycles. The third kappa shape index (κ3) is 5.27. The van der Waals surface area contributed by atoms with Crippen molar-refractivity contribution in [3.63, 3.8) is 0 Å². The predicted molar refractivity (Wildman–Crippen MR) is 134 cm³/mol. The Morgan fingerprint density at radius 1 is 1.11 bits per heavy atom. The number of likely N-dealkylation sites (tertiary alicyclic amines) is 1. The van der Waals surface area contributed by atoms with Gasteiger partial charge in [-0.05, 0) is 76.0 Å². The minimum absolute atomic E-state index is 0.0306. The Morgan fingerprint density at radius 3 is 2.66 bits per heavy atom. The molecule has 35 heavy (non-hydrogen) atoms. The fourth-order valence-electron chi connectivity index (χ4n) is 4.95. The Labute approximate surface area is 205 Å². The molecule has 8 heteroatoms. The zero-order valence-electron chi connectivity index (χ0n) is 20.3. The molecule has 0 spiro atoms. The maximum Gasteiger partial charge on any atom is 0.241 e. The number of amides is 2. The fraction of sp³-hybridized carbons (Fsp3) is 0.407. The van der Waals surface area contributed by atoms with Crippen LogP contribution in [-0.2, 0) is 16.1 Å². The highest BCUT2D eigenvalue weighted by atomic mass is 16.5. The van der Waals surface area contributed by atoms with Crippen LogP contribution in [0.4, 0.5) is 11.4 Å². The molecule has 2 saturated heterocycles. The van der Waals surface area contributed by atoms with Crippen LogP contribution in [0, 0.1) is 19.8 Å². The molecule has 2 amide bonds. The van der Waals surface area contributed by atoms with E-state index in [0.29, 0.717) is 24.7 Å². The number of carbonyl (C=O) groups is 2. The topological polar surface area (TPSA) is 91.6 Å². The molecule has 2 aliphatic rings. The summed E-state index contributed by atoms with van der Waals surface area (Å²) in [5, 5.41) is 7.20. The van der Waals surface area contributed by atoms with Crippen LogP contribution in [0.15, 0.2) is 47.0 Å². The minimum Gasteiger partial charge on any atom is -0.338 e. The molecule has 2 aromatic carbocycles. The van der Waals surface area contributed by atoms with Crippen molar-refractivity contribution in [2.75, 3.05) is 29.9 Å². The first-order chi connectivity index (χ1) is 17.0. The van der Waals surface area contributed by atoms with Crippen molar-refractivity contribution in [1.29, 1.82) is 0 Å². The monoisotopic (exact) mass is 473 g/mol. The molecule has 0 unspecified atom stereocenters. The molecule has 1 aromatic heterocycles. The Bertz CT molecular complexity index is 1230. The van der Waals surface area contributed by atoms with Crippen LogP contribution in [-0.4, -0.2) is 46.5 Å². The maximum absolute atomic E-state index is 12.9. The first-order valence-corrected chi connectivity index (χ1v) is 12.3. The molecule has 0 aliphatic carbocycles. The van der Waals surface area contributed by atoms with Crippen LogP contribution < -0.4 is 10.2 Å². The summed E-state index contributed by atoms with van der Waals surface area (Å²) in [5.41, 5.74) is 4.82. The van der Waals surface area contributed by atoms with Gasteiger partial charge in [0.15, 0.2) is 0 Å². The van der Waals surface area contributed by atoms with Gasteiger partial charge in [0.1, 0.15) is 0 Å². The third-order valence-corrected chi connectivity index (χ3v) is 6.89. The number of carbonyl (C=O) groups excluding carboxylic acids is 2. The Morgan fingerprint density at radius 2 is 1.94 bits per heavy atom. The number of hydrogen-bond acceptors (Lipinski definition) is 6. The lowest BCUT2D eigenvalue weighted by molar-refractivity contribution is -0.121. The Balaban J connectivity index is 1.13. The van der Waals surface area contributed by atoms with E-state index in [4.69, 9.17) is 4.52 Å². The lowest BCUT2D eigenvalue weighted by Crippen LogP contribution is -2.37. The lowest BCUT2D eigenvalue weighted by Gasteiger charge is -2.30. The summed E-state index contributed by atoms with van der Waals surface area (Å²) in [6.07, 6.45) is 3.07. The van der Waals surface area contributed by atoms with Crippen molar-refractivity contribution >= 4 is 23.2 Å². The molecular weight excluding hydrogens is 442 g/mol.